The Morgan fingerprint density at radius 1 is 1.16 bits per heavy atom. The van der Waals surface area contributed by atoms with Gasteiger partial charge < -0.3 is 14.4 Å². The summed E-state index contributed by atoms with van der Waals surface area (Å²) in [6, 6.07) is 5.03. The molecule has 0 radical (unpaired) electrons. The Kier molecular flexibility index (Phi) is 6.31. The molecule has 0 unspecified atom stereocenters. The van der Waals surface area contributed by atoms with Gasteiger partial charge in [-0.3, -0.25) is 4.90 Å². The minimum Gasteiger partial charge on any atom is -0.497 e. The van der Waals surface area contributed by atoms with Crippen molar-refractivity contribution in [3.63, 3.8) is 0 Å². The van der Waals surface area contributed by atoms with Gasteiger partial charge in [0.15, 0.2) is 0 Å². The number of rotatable bonds is 7. The molecule has 3 rings (SSSR count). The predicted octanol–water partition coefficient (Wildman–Crippen LogP) is 3.16. The normalized spacial score (nSPS) is 24.9. The van der Waals surface area contributed by atoms with Gasteiger partial charge in [0, 0.05) is 38.3 Å². The SMILES string of the molecule is CCOCCN1CC[C@]2(CCCN(Cc3cc(OC)ccc3F)C2)C1. The zero-order valence-corrected chi connectivity index (χ0v) is 15.6. The average molecular weight is 350 g/mol. The molecule has 5 heteroatoms. The number of halogens is 1. The summed E-state index contributed by atoms with van der Waals surface area (Å²) in [7, 11) is 1.63. The van der Waals surface area contributed by atoms with Crippen molar-refractivity contribution in [3.8, 4) is 5.75 Å². The highest BCUT2D eigenvalue weighted by Crippen LogP contribution is 2.39. The second-order valence-corrected chi connectivity index (χ2v) is 7.49. The van der Waals surface area contributed by atoms with E-state index in [1.165, 1.54) is 25.3 Å². The molecule has 1 aromatic carbocycles. The van der Waals surface area contributed by atoms with Gasteiger partial charge in [0.05, 0.1) is 13.7 Å². The summed E-state index contributed by atoms with van der Waals surface area (Å²) < 4.78 is 24.9. The van der Waals surface area contributed by atoms with E-state index in [-0.39, 0.29) is 5.82 Å². The van der Waals surface area contributed by atoms with Crippen LogP contribution in [-0.2, 0) is 11.3 Å². The van der Waals surface area contributed by atoms with Gasteiger partial charge in [-0.1, -0.05) is 0 Å². The Labute approximate surface area is 150 Å². The number of ether oxygens (including phenoxy) is 2. The number of nitrogens with zero attached hydrogens (tertiary/aromatic N) is 2. The summed E-state index contributed by atoms with van der Waals surface area (Å²) >= 11 is 0. The summed E-state index contributed by atoms with van der Waals surface area (Å²) in [6.45, 7) is 9.79. The van der Waals surface area contributed by atoms with Gasteiger partial charge in [-0.25, -0.2) is 4.39 Å². The first-order chi connectivity index (χ1) is 12.1. The Hall–Kier alpha value is -1.17. The molecule has 2 saturated heterocycles. The van der Waals surface area contributed by atoms with Crippen LogP contribution in [0.15, 0.2) is 18.2 Å². The molecule has 0 N–H and O–H groups in total. The van der Waals surface area contributed by atoms with Crippen molar-refractivity contribution >= 4 is 0 Å². The third-order valence-corrected chi connectivity index (χ3v) is 5.66. The largest absolute Gasteiger partial charge is 0.497 e. The molecule has 2 fully saturated rings. The molecule has 0 amide bonds. The van der Waals surface area contributed by atoms with Crippen molar-refractivity contribution in [2.24, 2.45) is 5.41 Å². The topological polar surface area (TPSA) is 24.9 Å². The molecular formula is C20H31FN2O2. The van der Waals surface area contributed by atoms with Crippen molar-refractivity contribution in [3.05, 3.63) is 29.6 Å². The van der Waals surface area contributed by atoms with E-state index in [1.54, 1.807) is 13.2 Å². The Bertz CT molecular complexity index is 569. The molecule has 1 spiro atoms. The van der Waals surface area contributed by atoms with Crippen LogP contribution in [0.1, 0.15) is 31.7 Å². The van der Waals surface area contributed by atoms with Gasteiger partial charge in [-0.05, 0) is 62.9 Å². The van der Waals surface area contributed by atoms with E-state index >= 15 is 0 Å². The molecule has 0 aromatic heterocycles. The van der Waals surface area contributed by atoms with E-state index in [0.29, 0.717) is 12.0 Å². The highest BCUT2D eigenvalue weighted by atomic mass is 19.1. The number of hydrogen-bond donors (Lipinski definition) is 0. The van der Waals surface area contributed by atoms with Gasteiger partial charge >= 0.3 is 0 Å². The van der Waals surface area contributed by atoms with Crippen LogP contribution in [0.4, 0.5) is 4.39 Å². The van der Waals surface area contributed by atoms with Gasteiger partial charge in [-0.2, -0.15) is 0 Å². The van der Waals surface area contributed by atoms with Crippen LogP contribution in [0.25, 0.3) is 0 Å². The number of piperidine rings is 1. The van der Waals surface area contributed by atoms with Gasteiger partial charge in [-0.15, -0.1) is 0 Å². The molecule has 2 heterocycles. The van der Waals surface area contributed by atoms with E-state index < -0.39 is 0 Å². The van der Waals surface area contributed by atoms with Crippen molar-refractivity contribution in [1.82, 2.24) is 9.80 Å². The Morgan fingerprint density at radius 2 is 2.00 bits per heavy atom. The van der Waals surface area contributed by atoms with E-state index in [4.69, 9.17) is 9.47 Å². The smallest absolute Gasteiger partial charge is 0.127 e. The highest BCUT2D eigenvalue weighted by molar-refractivity contribution is 5.29. The first-order valence-electron chi connectivity index (χ1n) is 9.49. The van der Waals surface area contributed by atoms with Crippen LogP contribution in [0.3, 0.4) is 0 Å². The number of likely N-dealkylation sites (tertiary alicyclic amines) is 2. The van der Waals surface area contributed by atoms with Gasteiger partial charge in [0.1, 0.15) is 11.6 Å². The number of methoxy groups -OCH3 is 1. The van der Waals surface area contributed by atoms with Crippen molar-refractivity contribution in [2.45, 2.75) is 32.7 Å². The van der Waals surface area contributed by atoms with E-state index in [1.807, 2.05) is 13.0 Å². The first kappa shape index (κ1) is 18.6. The van der Waals surface area contributed by atoms with Gasteiger partial charge in [0.25, 0.3) is 0 Å². The number of benzene rings is 1. The average Bonchev–Trinajstić information content (AvgIpc) is 2.99. The second-order valence-electron chi connectivity index (χ2n) is 7.49. The van der Waals surface area contributed by atoms with E-state index in [2.05, 4.69) is 9.80 Å². The number of hydrogen-bond acceptors (Lipinski definition) is 4. The predicted molar refractivity (Wildman–Crippen MR) is 97.4 cm³/mol. The molecule has 140 valence electrons. The van der Waals surface area contributed by atoms with Crippen molar-refractivity contribution in [1.29, 1.82) is 0 Å². The van der Waals surface area contributed by atoms with Crippen molar-refractivity contribution in [2.75, 3.05) is 53.0 Å². The monoisotopic (exact) mass is 350 g/mol. The summed E-state index contributed by atoms with van der Waals surface area (Å²) in [6.07, 6.45) is 3.73. The maximum Gasteiger partial charge on any atom is 0.127 e. The van der Waals surface area contributed by atoms with E-state index in [0.717, 1.165) is 57.3 Å². The zero-order valence-electron chi connectivity index (χ0n) is 15.6. The molecule has 2 aliphatic heterocycles. The van der Waals surface area contributed by atoms with Crippen LogP contribution in [0.2, 0.25) is 0 Å². The third kappa shape index (κ3) is 4.72. The van der Waals surface area contributed by atoms with Gasteiger partial charge in [0.2, 0.25) is 0 Å². The standard InChI is InChI=1S/C20H31FN2O2/c1-3-25-12-11-22-10-8-20(15-22)7-4-9-23(16-20)14-17-13-18(24-2)5-6-19(17)21/h5-6,13H,3-4,7-12,14-16H2,1-2H3/t20-/m1/s1. The first-order valence-corrected chi connectivity index (χ1v) is 9.49. The fraction of sp³-hybridized carbons (Fsp3) is 0.700. The molecule has 4 nitrogen and oxygen atoms in total. The quantitative estimate of drug-likeness (QED) is 0.705. The molecule has 1 aromatic rings. The van der Waals surface area contributed by atoms with Crippen LogP contribution in [-0.4, -0.2) is 62.8 Å². The summed E-state index contributed by atoms with van der Waals surface area (Å²) in [4.78, 5) is 4.96. The van der Waals surface area contributed by atoms with Crippen LogP contribution >= 0.6 is 0 Å². The highest BCUT2D eigenvalue weighted by Gasteiger charge is 2.41. The molecule has 0 bridgehead atoms. The third-order valence-electron chi connectivity index (χ3n) is 5.66. The summed E-state index contributed by atoms with van der Waals surface area (Å²) in [5.41, 5.74) is 1.11. The maximum atomic E-state index is 14.2. The molecule has 1 atom stereocenters. The fourth-order valence-electron chi connectivity index (χ4n) is 4.37. The molecule has 25 heavy (non-hydrogen) atoms. The lowest BCUT2D eigenvalue weighted by molar-refractivity contribution is 0.0776. The Morgan fingerprint density at radius 3 is 2.80 bits per heavy atom. The lowest BCUT2D eigenvalue weighted by Gasteiger charge is -2.40. The minimum absolute atomic E-state index is 0.134. The minimum atomic E-state index is -0.134. The molecule has 2 aliphatic rings. The summed E-state index contributed by atoms with van der Waals surface area (Å²) in [5.74, 6) is 0.594. The maximum absolute atomic E-state index is 14.2. The fourth-order valence-corrected chi connectivity index (χ4v) is 4.37. The van der Waals surface area contributed by atoms with Crippen LogP contribution in [0.5, 0.6) is 5.75 Å². The molecular weight excluding hydrogens is 319 g/mol. The summed E-state index contributed by atoms with van der Waals surface area (Å²) in [5, 5.41) is 0. The van der Waals surface area contributed by atoms with Crippen LogP contribution in [0, 0.1) is 11.2 Å². The zero-order chi connectivity index (χ0) is 17.7. The molecule has 0 saturated carbocycles. The second kappa shape index (κ2) is 8.47. The van der Waals surface area contributed by atoms with E-state index in [9.17, 15) is 4.39 Å². The lowest BCUT2D eigenvalue weighted by Crippen LogP contribution is -2.44. The molecule has 0 aliphatic carbocycles. The van der Waals surface area contributed by atoms with Crippen LogP contribution < -0.4 is 4.74 Å². The Balaban J connectivity index is 1.58. The van der Waals surface area contributed by atoms with Crippen molar-refractivity contribution < 1.29 is 13.9 Å². The lowest BCUT2D eigenvalue weighted by atomic mass is 9.79.